The quantitative estimate of drug-likeness (QED) is 0.841. The normalized spacial score (nSPS) is 32.5. The van der Waals surface area contributed by atoms with Crippen molar-refractivity contribution in [3.8, 4) is 5.75 Å². The molecular weight excluding hydrogens is 240 g/mol. The SMILES string of the molecule is CCOc1cncc(C(=O)C2C3CCC(C3)C2N)c1. The maximum absolute atomic E-state index is 12.6. The van der Waals surface area contributed by atoms with Crippen molar-refractivity contribution in [1.29, 1.82) is 0 Å². The first-order chi connectivity index (χ1) is 9.20. The molecule has 4 atom stereocenters. The number of carbonyl (C=O) groups excluding carboxylic acids is 1. The lowest BCUT2D eigenvalue weighted by Crippen LogP contribution is -2.40. The molecule has 0 radical (unpaired) electrons. The number of ketones is 1. The second kappa shape index (κ2) is 4.93. The Bertz CT molecular complexity index is 487. The van der Waals surface area contributed by atoms with Gasteiger partial charge >= 0.3 is 0 Å². The highest BCUT2D eigenvalue weighted by molar-refractivity contribution is 5.98. The van der Waals surface area contributed by atoms with Crippen LogP contribution >= 0.6 is 0 Å². The fraction of sp³-hybridized carbons (Fsp3) is 0.600. The van der Waals surface area contributed by atoms with Crippen molar-refractivity contribution < 1.29 is 9.53 Å². The molecule has 0 saturated heterocycles. The second-order valence-electron chi connectivity index (χ2n) is 5.64. The number of hydrogen-bond acceptors (Lipinski definition) is 4. The van der Waals surface area contributed by atoms with Crippen LogP contribution in [0.5, 0.6) is 5.75 Å². The lowest BCUT2D eigenvalue weighted by molar-refractivity contribution is 0.0855. The Morgan fingerprint density at radius 2 is 2.21 bits per heavy atom. The Morgan fingerprint density at radius 3 is 2.89 bits per heavy atom. The summed E-state index contributed by atoms with van der Waals surface area (Å²) in [7, 11) is 0. The van der Waals surface area contributed by atoms with E-state index in [0.29, 0.717) is 29.8 Å². The molecule has 2 saturated carbocycles. The van der Waals surface area contributed by atoms with Gasteiger partial charge in [0.05, 0.1) is 12.8 Å². The molecule has 0 aromatic carbocycles. The minimum Gasteiger partial charge on any atom is -0.492 e. The van der Waals surface area contributed by atoms with Gasteiger partial charge in [0.15, 0.2) is 5.78 Å². The minimum absolute atomic E-state index is 0.0163. The summed E-state index contributed by atoms with van der Waals surface area (Å²) in [6.45, 7) is 2.49. The zero-order valence-corrected chi connectivity index (χ0v) is 11.2. The molecule has 102 valence electrons. The van der Waals surface area contributed by atoms with E-state index >= 15 is 0 Å². The van der Waals surface area contributed by atoms with E-state index < -0.39 is 0 Å². The largest absolute Gasteiger partial charge is 0.492 e. The van der Waals surface area contributed by atoms with Crippen LogP contribution in [0.1, 0.15) is 36.5 Å². The first kappa shape index (κ1) is 12.6. The van der Waals surface area contributed by atoms with Crippen LogP contribution in [0.15, 0.2) is 18.5 Å². The van der Waals surface area contributed by atoms with Crippen molar-refractivity contribution in [1.82, 2.24) is 4.98 Å². The maximum atomic E-state index is 12.6. The Hall–Kier alpha value is -1.42. The van der Waals surface area contributed by atoms with Gasteiger partial charge in [-0.3, -0.25) is 9.78 Å². The van der Waals surface area contributed by atoms with Gasteiger partial charge in [0.1, 0.15) is 5.75 Å². The molecule has 2 aliphatic carbocycles. The lowest BCUT2D eigenvalue weighted by atomic mass is 9.80. The standard InChI is InChI=1S/C15H20N2O2/c1-2-19-12-6-11(7-17-8-12)15(18)13-9-3-4-10(5-9)14(13)16/h6-10,13-14H,2-5,16H2,1H3. The van der Waals surface area contributed by atoms with Crippen LogP contribution in [0.25, 0.3) is 0 Å². The third-order valence-corrected chi connectivity index (χ3v) is 4.59. The Morgan fingerprint density at radius 1 is 1.42 bits per heavy atom. The Balaban J connectivity index is 1.82. The summed E-state index contributed by atoms with van der Waals surface area (Å²) in [6.07, 6.45) is 6.72. The highest BCUT2D eigenvalue weighted by Crippen LogP contribution is 2.48. The summed E-state index contributed by atoms with van der Waals surface area (Å²) >= 11 is 0. The molecular formula is C15H20N2O2. The van der Waals surface area contributed by atoms with Gasteiger partial charge in [-0.2, -0.15) is 0 Å². The van der Waals surface area contributed by atoms with Crippen LogP contribution in [-0.2, 0) is 0 Å². The molecule has 4 heteroatoms. The van der Waals surface area contributed by atoms with Gasteiger partial charge in [0, 0.05) is 23.7 Å². The summed E-state index contributed by atoms with van der Waals surface area (Å²) in [5.74, 6) is 1.81. The summed E-state index contributed by atoms with van der Waals surface area (Å²) in [6, 6.07) is 1.82. The van der Waals surface area contributed by atoms with Gasteiger partial charge in [0.2, 0.25) is 0 Å². The Labute approximate surface area is 113 Å². The molecule has 2 fully saturated rings. The summed E-state index contributed by atoms with van der Waals surface area (Å²) in [5, 5.41) is 0. The summed E-state index contributed by atoms with van der Waals surface area (Å²) < 4.78 is 5.40. The van der Waals surface area contributed by atoms with Gasteiger partial charge in [-0.25, -0.2) is 0 Å². The molecule has 0 aliphatic heterocycles. The highest BCUT2D eigenvalue weighted by Gasteiger charge is 2.49. The summed E-state index contributed by atoms with van der Waals surface area (Å²) in [4.78, 5) is 16.7. The first-order valence-electron chi connectivity index (χ1n) is 7.08. The fourth-order valence-corrected chi connectivity index (χ4v) is 3.72. The van der Waals surface area contributed by atoms with Crippen LogP contribution in [0.2, 0.25) is 0 Å². The van der Waals surface area contributed by atoms with Gasteiger partial charge in [0.25, 0.3) is 0 Å². The number of Topliss-reactive ketones (excluding diaryl/α,β-unsaturated/α-hetero) is 1. The smallest absolute Gasteiger partial charge is 0.169 e. The zero-order valence-electron chi connectivity index (χ0n) is 11.2. The van der Waals surface area contributed by atoms with E-state index in [0.717, 1.165) is 12.8 Å². The molecule has 1 aromatic rings. The van der Waals surface area contributed by atoms with E-state index in [9.17, 15) is 4.79 Å². The average molecular weight is 260 g/mol. The first-order valence-corrected chi connectivity index (χ1v) is 7.08. The van der Waals surface area contributed by atoms with E-state index in [-0.39, 0.29) is 17.7 Å². The molecule has 4 unspecified atom stereocenters. The van der Waals surface area contributed by atoms with Crippen molar-refractivity contribution in [3.63, 3.8) is 0 Å². The van der Waals surface area contributed by atoms with Crippen molar-refractivity contribution in [2.24, 2.45) is 23.5 Å². The molecule has 0 spiro atoms. The molecule has 1 aromatic heterocycles. The zero-order chi connectivity index (χ0) is 13.4. The third kappa shape index (κ3) is 2.14. The summed E-state index contributed by atoms with van der Waals surface area (Å²) in [5.41, 5.74) is 6.86. The monoisotopic (exact) mass is 260 g/mol. The van der Waals surface area contributed by atoms with Gasteiger partial charge in [-0.1, -0.05) is 0 Å². The van der Waals surface area contributed by atoms with E-state index in [1.165, 1.54) is 6.42 Å². The van der Waals surface area contributed by atoms with Crippen LogP contribution in [0.4, 0.5) is 0 Å². The van der Waals surface area contributed by atoms with Gasteiger partial charge in [-0.05, 0) is 44.1 Å². The predicted octanol–water partition coefficient (Wildman–Crippen LogP) is 2.04. The van der Waals surface area contributed by atoms with Gasteiger partial charge < -0.3 is 10.5 Å². The van der Waals surface area contributed by atoms with Crippen molar-refractivity contribution in [3.05, 3.63) is 24.0 Å². The molecule has 2 bridgehead atoms. The van der Waals surface area contributed by atoms with E-state index in [1.807, 2.05) is 6.92 Å². The predicted molar refractivity (Wildman–Crippen MR) is 72.0 cm³/mol. The molecule has 3 rings (SSSR count). The van der Waals surface area contributed by atoms with Crippen LogP contribution in [-0.4, -0.2) is 23.4 Å². The number of aromatic nitrogens is 1. The number of rotatable bonds is 4. The fourth-order valence-electron chi connectivity index (χ4n) is 3.72. The minimum atomic E-state index is -0.0163. The maximum Gasteiger partial charge on any atom is 0.169 e. The van der Waals surface area contributed by atoms with E-state index in [4.69, 9.17) is 10.5 Å². The molecule has 1 heterocycles. The van der Waals surface area contributed by atoms with Crippen LogP contribution in [0, 0.1) is 17.8 Å². The highest BCUT2D eigenvalue weighted by atomic mass is 16.5. The second-order valence-corrected chi connectivity index (χ2v) is 5.64. The van der Waals surface area contributed by atoms with E-state index in [1.54, 1.807) is 18.5 Å². The number of hydrogen-bond donors (Lipinski definition) is 1. The number of nitrogens with zero attached hydrogens (tertiary/aromatic N) is 1. The number of nitrogens with two attached hydrogens (primary N) is 1. The van der Waals surface area contributed by atoms with Crippen LogP contribution in [0.3, 0.4) is 0 Å². The van der Waals surface area contributed by atoms with Crippen LogP contribution < -0.4 is 10.5 Å². The molecule has 0 amide bonds. The number of pyridine rings is 1. The Kier molecular flexibility index (Phi) is 3.27. The third-order valence-electron chi connectivity index (χ3n) is 4.59. The topological polar surface area (TPSA) is 65.2 Å². The molecule has 4 nitrogen and oxygen atoms in total. The molecule has 2 aliphatic rings. The number of carbonyl (C=O) groups is 1. The van der Waals surface area contributed by atoms with E-state index in [2.05, 4.69) is 4.98 Å². The number of ether oxygens (including phenoxy) is 1. The lowest BCUT2D eigenvalue weighted by Gasteiger charge is -2.26. The van der Waals surface area contributed by atoms with Gasteiger partial charge in [-0.15, -0.1) is 0 Å². The van der Waals surface area contributed by atoms with Crippen molar-refractivity contribution in [2.75, 3.05) is 6.61 Å². The van der Waals surface area contributed by atoms with Crippen molar-refractivity contribution in [2.45, 2.75) is 32.2 Å². The number of fused-ring (bicyclic) bond motifs is 2. The van der Waals surface area contributed by atoms with Crippen molar-refractivity contribution >= 4 is 5.78 Å². The molecule has 2 N–H and O–H groups in total. The average Bonchev–Trinajstić information content (AvgIpc) is 2.99. The molecule has 19 heavy (non-hydrogen) atoms.